The highest BCUT2D eigenvalue weighted by Crippen LogP contribution is 2.32. The molecule has 1 saturated heterocycles. The maximum Gasteiger partial charge on any atom is 0.293 e. The molecular weight excluding hydrogens is 405 g/mol. The molecule has 0 spiro atoms. The SMILES string of the molecule is C=CCN1C(=O)S/C(=C/c2ccc(OCc3ccc(Cl)cc3Cl)cc2)C1=O. The molecule has 27 heavy (non-hydrogen) atoms. The van der Waals surface area contributed by atoms with Crippen LogP contribution in [0.15, 0.2) is 60.0 Å². The number of carbonyl (C=O) groups excluding carboxylic acids is 2. The number of ether oxygens (including phenoxy) is 1. The highest BCUT2D eigenvalue weighted by molar-refractivity contribution is 8.18. The molecule has 1 aliphatic heterocycles. The molecule has 0 bridgehead atoms. The van der Waals surface area contributed by atoms with Crippen LogP contribution >= 0.6 is 35.0 Å². The minimum absolute atomic E-state index is 0.210. The van der Waals surface area contributed by atoms with E-state index in [1.165, 1.54) is 6.08 Å². The number of amides is 2. The maximum atomic E-state index is 12.2. The normalized spacial score (nSPS) is 15.5. The number of nitrogens with zero attached hydrogens (tertiary/aromatic N) is 1. The molecule has 0 N–H and O–H groups in total. The third-order valence-electron chi connectivity index (χ3n) is 3.77. The van der Waals surface area contributed by atoms with Gasteiger partial charge in [-0.1, -0.05) is 47.5 Å². The van der Waals surface area contributed by atoms with Crippen molar-refractivity contribution in [2.24, 2.45) is 0 Å². The molecular formula is C20H15Cl2NO3S. The van der Waals surface area contributed by atoms with Gasteiger partial charge in [0.25, 0.3) is 11.1 Å². The quantitative estimate of drug-likeness (QED) is 0.438. The van der Waals surface area contributed by atoms with Crippen molar-refractivity contribution in [1.29, 1.82) is 0 Å². The van der Waals surface area contributed by atoms with Gasteiger partial charge in [0.15, 0.2) is 0 Å². The molecule has 4 nitrogen and oxygen atoms in total. The van der Waals surface area contributed by atoms with Gasteiger partial charge in [0, 0.05) is 22.2 Å². The van der Waals surface area contributed by atoms with Crippen LogP contribution in [0.25, 0.3) is 6.08 Å². The molecule has 2 aromatic rings. The Bertz CT molecular complexity index is 925. The summed E-state index contributed by atoms with van der Waals surface area (Å²) in [5, 5.41) is 0.839. The summed E-state index contributed by atoms with van der Waals surface area (Å²) < 4.78 is 5.73. The van der Waals surface area contributed by atoms with Gasteiger partial charge in [0.1, 0.15) is 12.4 Å². The van der Waals surface area contributed by atoms with E-state index < -0.39 is 0 Å². The van der Waals surface area contributed by atoms with Crippen molar-refractivity contribution in [2.45, 2.75) is 6.61 Å². The van der Waals surface area contributed by atoms with Crippen LogP contribution in [0.2, 0.25) is 10.0 Å². The number of carbonyl (C=O) groups is 2. The third kappa shape index (κ3) is 4.75. The van der Waals surface area contributed by atoms with Crippen LogP contribution in [-0.2, 0) is 11.4 Å². The second kappa shape index (κ2) is 8.65. The van der Waals surface area contributed by atoms with E-state index in [1.54, 1.807) is 30.3 Å². The van der Waals surface area contributed by atoms with E-state index in [0.29, 0.717) is 27.3 Å². The van der Waals surface area contributed by atoms with Gasteiger partial charge >= 0.3 is 0 Å². The van der Waals surface area contributed by atoms with E-state index >= 15 is 0 Å². The highest BCUT2D eigenvalue weighted by atomic mass is 35.5. The van der Waals surface area contributed by atoms with Gasteiger partial charge in [-0.05, 0) is 47.7 Å². The predicted molar refractivity (Wildman–Crippen MR) is 110 cm³/mol. The van der Waals surface area contributed by atoms with Crippen LogP contribution in [0.5, 0.6) is 5.75 Å². The van der Waals surface area contributed by atoms with Crippen LogP contribution < -0.4 is 4.74 Å². The average Bonchev–Trinajstić information content (AvgIpc) is 2.90. The standard InChI is InChI=1S/C20H15Cl2NO3S/c1-2-9-23-19(24)18(27-20(23)25)10-13-3-7-16(8-4-13)26-12-14-5-6-15(21)11-17(14)22/h2-8,10-11H,1,9,12H2/b18-10+. The Kier molecular flexibility index (Phi) is 6.26. The lowest BCUT2D eigenvalue weighted by molar-refractivity contribution is -0.122. The van der Waals surface area contributed by atoms with E-state index in [9.17, 15) is 9.59 Å². The van der Waals surface area contributed by atoms with Crippen molar-refractivity contribution in [3.05, 3.63) is 81.2 Å². The molecule has 1 fully saturated rings. The van der Waals surface area contributed by atoms with Gasteiger partial charge in [-0.25, -0.2) is 0 Å². The largest absolute Gasteiger partial charge is 0.489 e. The summed E-state index contributed by atoms with van der Waals surface area (Å²) in [5.41, 5.74) is 1.64. The zero-order chi connectivity index (χ0) is 19.4. The van der Waals surface area contributed by atoms with Crippen LogP contribution in [0.1, 0.15) is 11.1 Å². The lowest BCUT2D eigenvalue weighted by Gasteiger charge is -2.09. The predicted octanol–water partition coefficient (Wildman–Crippen LogP) is 5.79. The summed E-state index contributed by atoms with van der Waals surface area (Å²) in [6.07, 6.45) is 3.21. The topological polar surface area (TPSA) is 46.6 Å². The van der Waals surface area contributed by atoms with E-state index in [1.807, 2.05) is 18.2 Å². The minimum Gasteiger partial charge on any atom is -0.489 e. The van der Waals surface area contributed by atoms with Crippen molar-refractivity contribution in [1.82, 2.24) is 4.90 Å². The lowest BCUT2D eigenvalue weighted by atomic mass is 10.2. The van der Waals surface area contributed by atoms with Gasteiger partial charge in [-0.3, -0.25) is 14.5 Å². The molecule has 7 heteroatoms. The number of benzene rings is 2. The number of imide groups is 1. The van der Waals surface area contributed by atoms with Crippen molar-refractivity contribution < 1.29 is 14.3 Å². The van der Waals surface area contributed by atoms with Gasteiger partial charge < -0.3 is 4.74 Å². The summed E-state index contributed by atoms with van der Waals surface area (Å²) in [6.45, 7) is 4.08. The van der Waals surface area contributed by atoms with E-state index in [2.05, 4.69) is 6.58 Å². The molecule has 3 rings (SSSR count). The number of hydrogen-bond acceptors (Lipinski definition) is 4. The number of rotatable bonds is 6. The third-order valence-corrected chi connectivity index (χ3v) is 5.27. The van der Waals surface area contributed by atoms with E-state index in [0.717, 1.165) is 27.8 Å². The smallest absolute Gasteiger partial charge is 0.293 e. The zero-order valence-corrected chi connectivity index (χ0v) is 16.5. The van der Waals surface area contributed by atoms with E-state index in [-0.39, 0.29) is 17.7 Å². The zero-order valence-electron chi connectivity index (χ0n) is 14.2. The van der Waals surface area contributed by atoms with Crippen LogP contribution in [0.3, 0.4) is 0 Å². The molecule has 0 saturated carbocycles. The van der Waals surface area contributed by atoms with Crippen molar-refractivity contribution in [2.75, 3.05) is 6.54 Å². The van der Waals surface area contributed by atoms with Crippen LogP contribution in [0.4, 0.5) is 4.79 Å². The molecule has 1 heterocycles. The summed E-state index contributed by atoms with van der Waals surface area (Å²) in [5.74, 6) is 0.362. The molecule has 1 aliphatic rings. The Morgan fingerprint density at radius 2 is 1.85 bits per heavy atom. The Hall–Kier alpha value is -2.21. The fraction of sp³-hybridized carbons (Fsp3) is 0.100. The minimum atomic E-state index is -0.303. The second-order valence-electron chi connectivity index (χ2n) is 5.67. The molecule has 0 aliphatic carbocycles. The fourth-order valence-corrected chi connectivity index (χ4v) is 3.71. The molecule has 0 aromatic heterocycles. The second-order valence-corrected chi connectivity index (χ2v) is 7.51. The molecule has 2 aromatic carbocycles. The summed E-state index contributed by atoms with van der Waals surface area (Å²) in [4.78, 5) is 25.6. The van der Waals surface area contributed by atoms with Crippen molar-refractivity contribution >= 4 is 52.2 Å². The lowest BCUT2D eigenvalue weighted by Crippen LogP contribution is -2.27. The number of thioether (sulfide) groups is 1. The van der Waals surface area contributed by atoms with Gasteiger partial charge in [0.2, 0.25) is 0 Å². The van der Waals surface area contributed by atoms with Crippen molar-refractivity contribution in [3.63, 3.8) is 0 Å². The first-order valence-electron chi connectivity index (χ1n) is 8.01. The number of halogens is 2. The Morgan fingerprint density at radius 1 is 1.11 bits per heavy atom. The first-order chi connectivity index (χ1) is 13.0. The molecule has 138 valence electrons. The van der Waals surface area contributed by atoms with E-state index in [4.69, 9.17) is 27.9 Å². The summed E-state index contributed by atoms with van der Waals surface area (Å²) in [6, 6.07) is 12.5. The number of hydrogen-bond donors (Lipinski definition) is 0. The van der Waals surface area contributed by atoms with Gasteiger partial charge in [-0.2, -0.15) is 0 Å². The molecule has 2 amide bonds. The monoisotopic (exact) mass is 419 g/mol. The summed E-state index contributed by atoms with van der Waals surface area (Å²) in [7, 11) is 0. The Balaban J connectivity index is 1.66. The van der Waals surface area contributed by atoms with Gasteiger partial charge in [-0.15, -0.1) is 6.58 Å². The fourth-order valence-electron chi connectivity index (χ4n) is 2.40. The molecule has 0 unspecified atom stereocenters. The molecule has 0 radical (unpaired) electrons. The van der Waals surface area contributed by atoms with Gasteiger partial charge in [0.05, 0.1) is 4.91 Å². The first-order valence-corrected chi connectivity index (χ1v) is 9.58. The first kappa shape index (κ1) is 19.5. The molecule has 0 atom stereocenters. The Labute approximate surface area is 171 Å². The highest BCUT2D eigenvalue weighted by Gasteiger charge is 2.33. The summed E-state index contributed by atoms with van der Waals surface area (Å²) >= 11 is 12.9. The Morgan fingerprint density at radius 3 is 2.52 bits per heavy atom. The van der Waals surface area contributed by atoms with Crippen molar-refractivity contribution in [3.8, 4) is 5.75 Å². The van der Waals surface area contributed by atoms with Crippen LogP contribution in [0, 0.1) is 0 Å². The maximum absolute atomic E-state index is 12.2. The van der Waals surface area contributed by atoms with Crippen LogP contribution in [-0.4, -0.2) is 22.6 Å². The average molecular weight is 420 g/mol.